The summed E-state index contributed by atoms with van der Waals surface area (Å²) in [5, 5.41) is 11.1. The molecule has 0 saturated heterocycles. The number of carbonyl (C=O) groups excluding carboxylic acids is 1. The molecule has 2 aromatic heterocycles. The van der Waals surface area contributed by atoms with E-state index in [-0.39, 0.29) is 17.1 Å². The zero-order valence-electron chi connectivity index (χ0n) is 16.8. The molecule has 0 aliphatic carbocycles. The summed E-state index contributed by atoms with van der Waals surface area (Å²) in [4.78, 5) is 12.8. The second-order valence-corrected chi connectivity index (χ2v) is 7.80. The Labute approximate surface area is 178 Å². The number of aryl methyl sites for hydroxylation is 1. The fraction of sp³-hybridized carbons (Fsp3) is 0.316. The van der Waals surface area contributed by atoms with Crippen molar-refractivity contribution in [2.45, 2.75) is 39.8 Å². The van der Waals surface area contributed by atoms with Gasteiger partial charge >= 0.3 is 0 Å². The van der Waals surface area contributed by atoms with E-state index in [4.69, 9.17) is 11.6 Å². The second kappa shape index (κ2) is 7.95. The number of amides is 1. The average molecular weight is 462 g/mol. The molecule has 3 aromatic rings. The zero-order valence-corrected chi connectivity index (χ0v) is 17.6. The molecular weight excluding hydrogens is 445 g/mol. The van der Waals surface area contributed by atoms with Crippen LogP contribution in [0, 0.1) is 42.9 Å². The molecule has 1 aromatic carbocycles. The second-order valence-electron chi connectivity index (χ2n) is 7.37. The maximum atomic E-state index is 14.0. The largest absolute Gasteiger partial charge is 0.321 e. The number of hydrogen-bond donors (Lipinski definition) is 1. The summed E-state index contributed by atoms with van der Waals surface area (Å²) < 4.78 is 70.7. The lowest BCUT2D eigenvalue weighted by Crippen LogP contribution is -2.40. The van der Waals surface area contributed by atoms with Crippen molar-refractivity contribution in [2.75, 3.05) is 5.32 Å². The first kappa shape index (κ1) is 22.7. The van der Waals surface area contributed by atoms with E-state index in [9.17, 15) is 26.7 Å². The highest BCUT2D eigenvalue weighted by molar-refractivity contribution is 6.30. The molecule has 2 heterocycles. The van der Waals surface area contributed by atoms with Crippen molar-refractivity contribution in [1.29, 1.82) is 0 Å². The number of halogens is 6. The van der Waals surface area contributed by atoms with E-state index in [1.54, 1.807) is 13.8 Å². The van der Waals surface area contributed by atoms with E-state index in [2.05, 4.69) is 15.5 Å². The summed E-state index contributed by atoms with van der Waals surface area (Å²) in [7, 11) is 0. The van der Waals surface area contributed by atoms with Gasteiger partial charge in [-0.2, -0.15) is 10.2 Å². The molecule has 31 heavy (non-hydrogen) atoms. The predicted octanol–water partition coefficient (Wildman–Crippen LogP) is 4.47. The minimum absolute atomic E-state index is 0.236. The average Bonchev–Trinajstić information content (AvgIpc) is 3.27. The van der Waals surface area contributed by atoms with Gasteiger partial charge in [-0.05, 0) is 27.7 Å². The fourth-order valence-electron chi connectivity index (χ4n) is 2.95. The van der Waals surface area contributed by atoms with E-state index in [0.29, 0.717) is 5.02 Å². The Morgan fingerprint density at radius 3 is 2.13 bits per heavy atom. The van der Waals surface area contributed by atoms with Crippen molar-refractivity contribution >= 4 is 23.2 Å². The number of benzene rings is 1. The van der Waals surface area contributed by atoms with Gasteiger partial charge in [0.2, 0.25) is 5.82 Å². The highest BCUT2D eigenvalue weighted by Crippen LogP contribution is 2.27. The van der Waals surface area contributed by atoms with Crippen LogP contribution in [0.2, 0.25) is 5.02 Å². The standard InChI is InChI=1S/C19H17ClF5N5O/c1-8-17(27-18(31)19(3,4)30-6-10(20)5-26-30)9(2)29(28-8)7-11-12(21)14(23)16(25)15(24)13(11)22/h5-6H,7H2,1-4H3,(H,27,31). The van der Waals surface area contributed by atoms with Crippen LogP contribution in [-0.4, -0.2) is 25.5 Å². The monoisotopic (exact) mass is 461 g/mol. The van der Waals surface area contributed by atoms with E-state index in [1.807, 2.05) is 0 Å². The maximum absolute atomic E-state index is 14.0. The van der Waals surface area contributed by atoms with Crippen molar-refractivity contribution < 1.29 is 26.7 Å². The molecule has 0 bridgehead atoms. The van der Waals surface area contributed by atoms with Gasteiger partial charge in [0, 0.05) is 6.20 Å². The first-order chi connectivity index (χ1) is 14.4. The lowest BCUT2D eigenvalue weighted by atomic mass is 10.0. The summed E-state index contributed by atoms with van der Waals surface area (Å²) >= 11 is 5.85. The molecule has 1 N–H and O–H groups in total. The third kappa shape index (κ3) is 3.89. The van der Waals surface area contributed by atoms with Crippen LogP contribution in [0.3, 0.4) is 0 Å². The Kier molecular flexibility index (Phi) is 5.83. The Morgan fingerprint density at radius 1 is 1.06 bits per heavy atom. The fourth-order valence-corrected chi connectivity index (χ4v) is 3.08. The number of nitrogens with zero attached hydrogens (tertiary/aromatic N) is 4. The number of rotatable bonds is 5. The van der Waals surface area contributed by atoms with Crippen LogP contribution in [0.4, 0.5) is 27.6 Å². The van der Waals surface area contributed by atoms with Crippen LogP contribution >= 0.6 is 11.6 Å². The molecule has 12 heteroatoms. The Bertz CT molecular complexity index is 1160. The number of hydrogen-bond acceptors (Lipinski definition) is 3. The van der Waals surface area contributed by atoms with Gasteiger partial charge in [-0.25, -0.2) is 22.0 Å². The molecule has 0 unspecified atom stereocenters. The van der Waals surface area contributed by atoms with Crippen LogP contribution in [-0.2, 0) is 16.9 Å². The van der Waals surface area contributed by atoms with Gasteiger partial charge in [0.25, 0.3) is 5.91 Å². The molecule has 0 aliphatic heterocycles. The van der Waals surface area contributed by atoms with Gasteiger partial charge in [0.1, 0.15) is 5.54 Å². The number of anilines is 1. The van der Waals surface area contributed by atoms with Crippen LogP contribution in [0.1, 0.15) is 30.8 Å². The molecule has 0 fully saturated rings. The Morgan fingerprint density at radius 2 is 1.61 bits per heavy atom. The summed E-state index contributed by atoms with van der Waals surface area (Å²) in [5.74, 6) is -10.7. The van der Waals surface area contributed by atoms with Crippen molar-refractivity contribution in [3.63, 3.8) is 0 Å². The Balaban J connectivity index is 1.93. The van der Waals surface area contributed by atoms with Crippen molar-refractivity contribution in [2.24, 2.45) is 0 Å². The molecule has 0 radical (unpaired) electrons. The Hall–Kier alpha value is -2.95. The number of carbonyl (C=O) groups is 1. The van der Waals surface area contributed by atoms with Gasteiger partial charge in [0.15, 0.2) is 23.3 Å². The normalized spacial score (nSPS) is 11.8. The summed E-state index contributed by atoms with van der Waals surface area (Å²) in [6.45, 7) is 5.46. The van der Waals surface area contributed by atoms with Gasteiger partial charge in [0.05, 0.1) is 40.4 Å². The molecule has 0 spiro atoms. The van der Waals surface area contributed by atoms with E-state index in [0.717, 1.165) is 4.68 Å². The van der Waals surface area contributed by atoms with E-state index in [1.165, 1.54) is 30.9 Å². The first-order valence-electron chi connectivity index (χ1n) is 8.92. The number of nitrogens with one attached hydrogen (secondary N) is 1. The molecule has 0 aliphatic rings. The third-order valence-electron chi connectivity index (χ3n) is 4.91. The van der Waals surface area contributed by atoms with Gasteiger partial charge in [-0.15, -0.1) is 0 Å². The minimum Gasteiger partial charge on any atom is -0.321 e. The van der Waals surface area contributed by atoms with Crippen LogP contribution in [0.25, 0.3) is 0 Å². The quantitative estimate of drug-likeness (QED) is 0.346. The molecule has 1 amide bonds. The van der Waals surface area contributed by atoms with Gasteiger partial charge in [-0.3, -0.25) is 14.2 Å². The van der Waals surface area contributed by atoms with Gasteiger partial charge in [-0.1, -0.05) is 11.6 Å². The lowest BCUT2D eigenvalue weighted by Gasteiger charge is -2.24. The first-order valence-corrected chi connectivity index (χ1v) is 9.30. The van der Waals surface area contributed by atoms with Crippen molar-refractivity contribution in [1.82, 2.24) is 19.6 Å². The van der Waals surface area contributed by atoms with Crippen LogP contribution in [0.15, 0.2) is 12.4 Å². The molecule has 0 saturated carbocycles. The lowest BCUT2D eigenvalue weighted by molar-refractivity contribution is -0.123. The van der Waals surface area contributed by atoms with Crippen molar-refractivity contribution in [3.8, 4) is 0 Å². The highest BCUT2D eigenvalue weighted by Gasteiger charge is 2.32. The van der Waals surface area contributed by atoms with E-state index < -0.39 is 52.6 Å². The topological polar surface area (TPSA) is 64.7 Å². The third-order valence-corrected chi connectivity index (χ3v) is 5.10. The minimum atomic E-state index is -2.24. The maximum Gasteiger partial charge on any atom is 0.251 e. The zero-order chi connectivity index (χ0) is 23.2. The van der Waals surface area contributed by atoms with Crippen molar-refractivity contribution in [3.05, 3.63) is 63.5 Å². The molecular formula is C19H17ClF5N5O. The number of aromatic nitrogens is 4. The SMILES string of the molecule is Cc1nn(Cc2c(F)c(F)c(F)c(F)c2F)c(C)c1NC(=O)C(C)(C)n1cc(Cl)cn1. The highest BCUT2D eigenvalue weighted by atomic mass is 35.5. The van der Waals surface area contributed by atoms with Crippen LogP contribution in [0.5, 0.6) is 0 Å². The molecule has 166 valence electrons. The summed E-state index contributed by atoms with van der Waals surface area (Å²) in [6, 6.07) is 0. The smallest absolute Gasteiger partial charge is 0.251 e. The molecule has 0 atom stereocenters. The predicted molar refractivity (Wildman–Crippen MR) is 102 cm³/mol. The van der Waals surface area contributed by atoms with Crippen LogP contribution < -0.4 is 5.32 Å². The summed E-state index contributed by atoms with van der Waals surface area (Å²) in [6.07, 6.45) is 2.84. The molecule has 6 nitrogen and oxygen atoms in total. The molecule has 3 rings (SSSR count). The van der Waals surface area contributed by atoms with E-state index >= 15 is 0 Å². The summed E-state index contributed by atoms with van der Waals surface area (Å²) in [5.41, 5.74) is -1.42. The van der Waals surface area contributed by atoms with Gasteiger partial charge < -0.3 is 5.32 Å².